The van der Waals surface area contributed by atoms with Crippen LogP contribution in [-0.4, -0.2) is 47.0 Å². The van der Waals surface area contributed by atoms with Crippen molar-refractivity contribution in [2.75, 3.05) is 29.7 Å². The first-order valence-electron chi connectivity index (χ1n) is 8.34. The molecule has 0 bridgehead atoms. The molecule has 0 spiro atoms. The number of nitrogens with zero attached hydrogens (tertiary/aromatic N) is 1. The van der Waals surface area contributed by atoms with E-state index in [0.717, 1.165) is 37.2 Å². The van der Waals surface area contributed by atoms with Crippen molar-refractivity contribution in [2.45, 2.75) is 39.0 Å². The first-order chi connectivity index (χ1) is 11.9. The van der Waals surface area contributed by atoms with Crippen LogP contribution < -0.4 is 4.90 Å². The first-order valence-corrected chi connectivity index (χ1v) is 9.40. The Balaban J connectivity index is 0.000000823. The fourth-order valence-electron chi connectivity index (χ4n) is 2.11. The number of carbonyl (C=O) groups is 2. The van der Waals surface area contributed by atoms with Crippen LogP contribution >= 0.6 is 23.2 Å². The second-order valence-corrected chi connectivity index (χ2v) is 6.18. The van der Waals surface area contributed by atoms with Crippen molar-refractivity contribution < 1.29 is 19.8 Å². The van der Waals surface area contributed by atoms with E-state index < -0.39 is 11.9 Å². The summed E-state index contributed by atoms with van der Waals surface area (Å²) in [4.78, 5) is 22.2. The van der Waals surface area contributed by atoms with Crippen LogP contribution in [0.3, 0.4) is 0 Å². The van der Waals surface area contributed by atoms with Gasteiger partial charge in [0.2, 0.25) is 0 Å². The normalized spacial score (nSPS) is 9.88. The molecule has 0 fully saturated rings. The van der Waals surface area contributed by atoms with Gasteiger partial charge < -0.3 is 15.1 Å². The molecule has 25 heavy (non-hydrogen) atoms. The summed E-state index contributed by atoms with van der Waals surface area (Å²) in [5.74, 6) is -0.321. The van der Waals surface area contributed by atoms with E-state index in [1.807, 2.05) is 31.2 Å². The van der Waals surface area contributed by atoms with Crippen LogP contribution in [0, 0.1) is 0 Å². The third-order valence-electron chi connectivity index (χ3n) is 3.33. The van der Waals surface area contributed by atoms with E-state index in [4.69, 9.17) is 33.4 Å². The minimum absolute atomic E-state index is 0.215. The Bertz CT molecular complexity index is 488. The van der Waals surface area contributed by atoms with Crippen LogP contribution in [-0.2, 0) is 16.0 Å². The maximum absolute atomic E-state index is 10.4. The minimum atomic E-state index is -0.743. The molecule has 1 aromatic rings. The van der Waals surface area contributed by atoms with E-state index in [9.17, 15) is 9.59 Å². The van der Waals surface area contributed by atoms with Gasteiger partial charge in [-0.05, 0) is 37.0 Å². The Hall–Kier alpha value is -1.46. The van der Waals surface area contributed by atoms with Crippen molar-refractivity contribution in [1.82, 2.24) is 0 Å². The van der Waals surface area contributed by atoms with E-state index in [2.05, 4.69) is 4.90 Å². The smallest absolute Gasteiger partial charge is 0.303 e. The van der Waals surface area contributed by atoms with Gasteiger partial charge in [-0.15, -0.1) is 23.2 Å². The molecule has 5 nitrogen and oxygen atoms in total. The second kappa shape index (κ2) is 14.8. The van der Waals surface area contributed by atoms with Crippen molar-refractivity contribution in [1.29, 1.82) is 0 Å². The van der Waals surface area contributed by atoms with Gasteiger partial charge in [-0.2, -0.15) is 0 Å². The van der Waals surface area contributed by atoms with Gasteiger partial charge in [-0.25, -0.2) is 0 Å². The highest BCUT2D eigenvalue weighted by atomic mass is 35.5. The summed E-state index contributed by atoms with van der Waals surface area (Å²) in [7, 11) is 0. The van der Waals surface area contributed by atoms with Crippen LogP contribution in [0.5, 0.6) is 0 Å². The topological polar surface area (TPSA) is 77.8 Å². The molecule has 0 unspecified atom stereocenters. The maximum atomic E-state index is 10.4. The Morgan fingerprint density at radius 1 is 0.960 bits per heavy atom. The fraction of sp³-hybridized carbons (Fsp3) is 0.556. The molecular formula is C18H27Cl2NO4. The average Bonchev–Trinajstić information content (AvgIpc) is 2.55. The lowest BCUT2D eigenvalue weighted by molar-refractivity contribution is -0.138. The van der Waals surface area contributed by atoms with Gasteiger partial charge in [0.25, 0.3) is 0 Å². The lowest BCUT2D eigenvalue weighted by Crippen LogP contribution is -2.27. The number of carboxylic acids is 2. The Morgan fingerprint density at radius 3 is 1.84 bits per heavy atom. The van der Waals surface area contributed by atoms with Crippen molar-refractivity contribution >= 4 is 40.8 Å². The molecule has 0 saturated heterocycles. The quantitative estimate of drug-likeness (QED) is 0.551. The van der Waals surface area contributed by atoms with Gasteiger partial charge in [0.05, 0.1) is 0 Å². The third kappa shape index (κ3) is 12.5. The molecular weight excluding hydrogens is 365 g/mol. The molecule has 2 N–H and O–H groups in total. The first kappa shape index (κ1) is 23.5. The molecule has 0 aromatic heterocycles. The fourth-order valence-corrected chi connectivity index (χ4v) is 2.51. The van der Waals surface area contributed by atoms with Gasteiger partial charge >= 0.3 is 11.9 Å². The molecule has 7 heteroatoms. The van der Waals surface area contributed by atoms with Gasteiger partial charge in [0.15, 0.2) is 0 Å². The zero-order valence-electron chi connectivity index (χ0n) is 14.6. The zero-order valence-corrected chi connectivity index (χ0v) is 16.1. The highest BCUT2D eigenvalue weighted by Gasteiger charge is 2.05. The summed E-state index contributed by atoms with van der Waals surface area (Å²) < 4.78 is 0. The summed E-state index contributed by atoms with van der Waals surface area (Å²) in [6.45, 7) is 3.38. The molecule has 0 aliphatic heterocycles. The van der Waals surface area contributed by atoms with Crippen molar-refractivity contribution in [2.24, 2.45) is 0 Å². The molecule has 0 aliphatic carbocycles. The number of halogens is 2. The van der Waals surface area contributed by atoms with E-state index in [1.165, 1.54) is 0 Å². The van der Waals surface area contributed by atoms with Gasteiger partial charge in [0, 0.05) is 43.4 Å². The van der Waals surface area contributed by atoms with E-state index in [1.54, 1.807) is 0 Å². The van der Waals surface area contributed by atoms with Crippen LogP contribution in [0.2, 0.25) is 0 Å². The number of anilines is 1. The average molecular weight is 392 g/mol. The number of aliphatic carboxylic acids is 2. The van der Waals surface area contributed by atoms with E-state index in [-0.39, 0.29) is 6.42 Å². The minimum Gasteiger partial charge on any atom is -0.481 e. The predicted octanol–water partition coefficient (Wildman–Crippen LogP) is 4.25. The van der Waals surface area contributed by atoms with Crippen LogP contribution in [0.4, 0.5) is 5.69 Å². The molecule has 0 saturated carbocycles. The SMILES string of the molecule is CCCC(=O)O.O=C(O)CCCc1ccc(N(CCCl)CCCl)cc1. The lowest BCUT2D eigenvalue weighted by atomic mass is 10.1. The number of rotatable bonds is 11. The molecule has 0 radical (unpaired) electrons. The Kier molecular flexibility index (Phi) is 14.0. The monoisotopic (exact) mass is 391 g/mol. The van der Waals surface area contributed by atoms with Gasteiger partial charge in [0.1, 0.15) is 0 Å². The van der Waals surface area contributed by atoms with Crippen LogP contribution in [0.15, 0.2) is 24.3 Å². The number of hydrogen-bond acceptors (Lipinski definition) is 3. The number of aryl methyl sites for hydroxylation is 1. The summed E-state index contributed by atoms with van der Waals surface area (Å²) in [6, 6.07) is 8.14. The molecule has 0 amide bonds. The third-order valence-corrected chi connectivity index (χ3v) is 3.67. The van der Waals surface area contributed by atoms with Crippen LogP contribution in [0.25, 0.3) is 0 Å². The Labute approximate surface area is 159 Å². The standard InChI is InChI=1S/C14H19Cl2NO2.C4H8O2/c15-8-10-17(11-9-16)13-6-4-12(5-7-13)2-1-3-14(18)19;1-2-3-4(5)6/h4-7H,1-3,8-11H2,(H,18,19);2-3H2,1H3,(H,5,6). The number of carboxylic acid groups (broad SMARTS) is 2. The van der Waals surface area contributed by atoms with E-state index >= 15 is 0 Å². The molecule has 0 heterocycles. The highest BCUT2D eigenvalue weighted by Crippen LogP contribution is 2.16. The number of hydrogen-bond donors (Lipinski definition) is 2. The van der Waals surface area contributed by atoms with E-state index in [0.29, 0.717) is 24.6 Å². The molecule has 0 aliphatic rings. The largest absolute Gasteiger partial charge is 0.481 e. The molecule has 1 aromatic carbocycles. The molecule has 0 atom stereocenters. The summed E-state index contributed by atoms with van der Waals surface area (Å²) >= 11 is 11.5. The highest BCUT2D eigenvalue weighted by molar-refractivity contribution is 6.18. The summed E-state index contributed by atoms with van der Waals surface area (Å²) in [6.07, 6.45) is 2.70. The lowest BCUT2D eigenvalue weighted by Gasteiger charge is -2.23. The van der Waals surface area contributed by atoms with Crippen molar-refractivity contribution in [3.8, 4) is 0 Å². The number of alkyl halides is 2. The van der Waals surface area contributed by atoms with Crippen LogP contribution in [0.1, 0.15) is 38.2 Å². The molecule has 142 valence electrons. The molecule has 1 rings (SSSR count). The predicted molar refractivity (Wildman–Crippen MR) is 103 cm³/mol. The van der Waals surface area contributed by atoms with Gasteiger partial charge in [-0.3, -0.25) is 9.59 Å². The van der Waals surface area contributed by atoms with Crippen molar-refractivity contribution in [3.63, 3.8) is 0 Å². The Morgan fingerprint density at radius 2 is 1.48 bits per heavy atom. The maximum Gasteiger partial charge on any atom is 0.303 e. The number of benzene rings is 1. The van der Waals surface area contributed by atoms with Gasteiger partial charge in [-0.1, -0.05) is 19.1 Å². The summed E-state index contributed by atoms with van der Waals surface area (Å²) in [5.41, 5.74) is 2.25. The van der Waals surface area contributed by atoms with Crippen molar-refractivity contribution in [3.05, 3.63) is 29.8 Å². The zero-order chi connectivity index (χ0) is 19.1. The summed E-state index contributed by atoms with van der Waals surface area (Å²) in [5, 5.41) is 16.5. The second-order valence-electron chi connectivity index (χ2n) is 5.42.